The number of halogens is 1. The Morgan fingerprint density at radius 1 is 1.26 bits per heavy atom. The Kier molecular flexibility index (Phi) is 2.80. The molecule has 0 aliphatic rings. The number of methoxy groups -OCH3 is 1. The topological polar surface area (TPSA) is 63.9 Å². The van der Waals surface area contributed by atoms with Gasteiger partial charge in [-0.1, -0.05) is 17.7 Å². The van der Waals surface area contributed by atoms with Crippen LogP contribution >= 0.6 is 11.6 Å². The summed E-state index contributed by atoms with van der Waals surface area (Å²) in [6, 6.07) is 11.1. The molecule has 3 aromatic rings. The highest BCUT2D eigenvalue weighted by Gasteiger charge is 2.12. The van der Waals surface area contributed by atoms with Crippen LogP contribution in [0.25, 0.3) is 22.4 Å². The van der Waals surface area contributed by atoms with Gasteiger partial charge < -0.3 is 15.5 Å². The van der Waals surface area contributed by atoms with Crippen molar-refractivity contribution in [1.82, 2.24) is 9.97 Å². The average molecular weight is 274 g/mol. The van der Waals surface area contributed by atoms with Crippen LogP contribution in [-0.4, -0.2) is 17.1 Å². The predicted octanol–water partition coefficient (Wildman–Crippen LogP) is 3.47. The number of anilines is 1. The molecule has 0 aliphatic heterocycles. The minimum Gasteiger partial charge on any atom is -0.496 e. The maximum atomic E-state index is 6.12. The number of aromatic nitrogens is 2. The highest BCUT2D eigenvalue weighted by molar-refractivity contribution is 6.35. The van der Waals surface area contributed by atoms with E-state index in [9.17, 15) is 0 Å². The molecule has 19 heavy (non-hydrogen) atoms. The Hall–Kier alpha value is -2.20. The zero-order chi connectivity index (χ0) is 13.4. The van der Waals surface area contributed by atoms with Gasteiger partial charge in [0.15, 0.2) is 0 Å². The van der Waals surface area contributed by atoms with Crippen molar-refractivity contribution < 1.29 is 4.74 Å². The standard InChI is InChI=1S/C14H12ClN3O/c1-19-12-7-8(16)5-6-9(12)14-17-11-4-2-3-10(15)13(11)18-14/h2-7H,16H2,1H3,(H,17,18). The van der Waals surface area contributed by atoms with Crippen LogP contribution < -0.4 is 10.5 Å². The third kappa shape index (κ3) is 2.00. The summed E-state index contributed by atoms with van der Waals surface area (Å²) < 4.78 is 5.33. The number of ether oxygens (including phenoxy) is 1. The van der Waals surface area contributed by atoms with Crippen molar-refractivity contribution >= 4 is 28.3 Å². The number of para-hydroxylation sites is 1. The molecule has 4 nitrogen and oxygen atoms in total. The van der Waals surface area contributed by atoms with Crippen LogP contribution in [-0.2, 0) is 0 Å². The summed E-state index contributed by atoms with van der Waals surface area (Å²) in [5.41, 5.74) is 8.89. The molecule has 0 atom stereocenters. The fraction of sp³-hybridized carbons (Fsp3) is 0.0714. The Bertz CT molecular complexity index is 752. The molecule has 5 heteroatoms. The minimum absolute atomic E-state index is 0.620. The maximum Gasteiger partial charge on any atom is 0.142 e. The predicted molar refractivity (Wildman–Crippen MR) is 77.5 cm³/mol. The van der Waals surface area contributed by atoms with Crippen molar-refractivity contribution in [2.24, 2.45) is 0 Å². The summed E-state index contributed by atoms with van der Waals surface area (Å²) in [5.74, 6) is 1.38. The lowest BCUT2D eigenvalue weighted by atomic mass is 10.1. The molecule has 0 aliphatic carbocycles. The molecule has 0 spiro atoms. The van der Waals surface area contributed by atoms with E-state index in [4.69, 9.17) is 22.1 Å². The van der Waals surface area contributed by atoms with Crippen molar-refractivity contribution in [2.75, 3.05) is 12.8 Å². The van der Waals surface area contributed by atoms with E-state index in [0.29, 0.717) is 22.3 Å². The quantitative estimate of drug-likeness (QED) is 0.703. The first-order chi connectivity index (χ1) is 9.19. The fourth-order valence-electron chi connectivity index (χ4n) is 2.03. The molecule has 0 unspecified atom stereocenters. The van der Waals surface area contributed by atoms with Crippen LogP contribution in [0.4, 0.5) is 5.69 Å². The summed E-state index contributed by atoms with van der Waals surface area (Å²) in [4.78, 5) is 7.74. The number of nitrogens with zero attached hydrogens (tertiary/aromatic N) is 1. The Morgan fingerprint density at radius 2 is 2.11 bits per heavy atom. The van der Waals surface area contributed by atoms with Gasteiger partial charge in [0.25, 0.3) is 0 Å². The molecule has 0 amide bonds. The molecule has 1 aromatic heterocycles. The van der Waals surface area contributed by atoms with Crippen LogP contribution in [0.2, 0.25) is 5.02 Å². The first-order valence-corrected chi connectivity index (χ1v) is 6.15. The van der Waals surface area contributed by atoms with Crippen LogP contribution in [0.5, 0.6) is 5.75 Å². The highest BCUT2D eigenvalue weighted by atomic mass is 35.5. The normalized spacial score (nSPS) is 10.8. The van der Waals surface area contributed by atoms with Gasteiger partial charge in [0, 0.05) is 11.8 Å². The molecule has 96 valence electrons. The number of nitrogens with one attached hydrogen (secondary N) is 1. The number of aromatic amines is 1. The average Bonchev–Trinajstić information content (AvgIpc) is 2.83. The number of fused-ring (bicyclic) bond motifs is 1. The molecule has 0 bridgehead atoms. The van der Waals surface area contributed by atoms with E-state index in [0.717, 1.165) is 16.6 Å². The molecular weight excluding hydrogens is 262 g/mol. The summed E-state index contributed by atoms with van der Waals surface area (Å²) in [7, 11) is 1.61. The molecule has 3 rings (SSSR count). The van der Waals surface area contributed by atoms with E-state index < -0.39 is 0 Å². The number of benzene rings is 2. The molecule has 0 saturated carbocycles. The Morgan fingerprint density at radius 3 is 2.84 bits per heavy atom. The van der Waals surface area contributed by atoms with E-state index in [1.54, 1.807) is 13.2 Å². The molecule has 0 radical (unpaired) electrons. The zero-order valence-electron chi connectivity index (χ0n) is 10.3. The number of nitrogens with two attached hydrogens (primary N) is 1. The van der Waals surface area contributed by atoms with Gasteiger partial charge in [0.1, 0.15) is 17.1 Å². The lowest BCUT2D eigenvalue weighted by Crippen LogP contribution is -1.92. The van der Waals surface area contributed by atoms with Crippen LogP contribution in [0.15, 0.2) is 36.4 Å². The molecule has 0 fully saturated rings. The number of imidazole rings is 1. The highest BCUT2D eigenvalue weighted by Crippen LogP contribution is 2.32. The van der Waals surface area contributed by atoms with Gasteiger partial charge in [0.05, 0.1) is 23.2 Å². The molecule has 3 N–H and O–H groups in total. The lowest BCUT2D eigenvalue weighted by molar-refractivity contribution is 0.416. The maximum absolute atomic E-state index is 6.12. The second-order valence-corrected chi connectivity index (χ2v) is 4.59. The van der Waals surface area contributed by atoms with E-state index in [-0.39, 0.29) is 0 Å². The number of nitrogen functional groups attached to an aromatic ring is 1. The third-order valence-electron chi connectivity index (χ3n) is 2.94. The first kappa shape index (κ1) is 11.9. The third-order valence-corrected chi connectivity index (χ3v) is 3.25. The van der Waals surface area contributed by atoms with Gasteiger partial charge in [-0.25, -0.2) is 4.98 Å². The number of hydrogen-bond acceptors (Lipinski definition) is 3. The van der Waals surface area contributed by atoms with E-state index in [1.807, 2.05) is 30.3 Å². The second kappa shape index (κ2) is 4.48. The number of rotatable bonds is 2. The monoisotopic (exact) mass is 273 g/mol. The summed E-state index contributed by atoms with van der Waals surface area (Å²) in [6.45, 7) is 0. The number of H-pyrrole nitrogens is 1. The summed E-state index contributed by atoms with van der Waals surface area (Å²) in [5, 5.41) is 0.620. The molecular formula is C14H12ClN3O. The van der Waals surface area contributed by atoms with Gasteiger partial charge in [-0.15, -0.1) is 0 Å². The molecule has 0 saturated heterocycles. The smallest absolute Gasteiger partial charge is 0.142 e. The van der Waals surface area contributed by atoms with Crippen molar-refractivity contribution in [3.05, 3.63) is 41.4 Å². The van der Waals surface area contributed by atoms with Crippen molar-refractivity contribution in [3.63, 3.8) is 0 Å². The minimum atomic E-state index is 0.620. The molecule has 2 aromatic carbocycles. The van der Waals surface area contributed by atoms with Crippen molar-refractivity contribution in [1.29, 1.82) is 0 Å². The van der Waals surface area contributed by atoms with Crippen LogP contribution in [0.3, 0.4) is 0 Å². The van der Waals surface area contributed by atoms with Gasteiger partial charge in [0.2, 0.25) is 0 Å². The van der Waals surface area contributed by atoms with E-state index in [2.05, 4.69) is 9.97 Å². The SMILES string of the molecule is COc1cc(N)ccc1-c1nc2c(Cl)cccc2[nH]1. The van der Waals surface area contributed by atoms with Crippen molar-refractivity contribution in [3.8, 4) is 17.1 Å². The van der Waals surface area contributed by atoms with Gasteiger partial charge >= 0.3 is 0 Å². The Labute approximate surface area is 115 Å². The lowest BCUT2D eigenvalue weighted by Gasteiger charge is -2.06. The summed E-state index contributed by atoms with van der Waals surface area (Å²) in [6.07, 6.45) is 0. The van der Waals surface area contributed by atoms with E-state index in [1.165, 1.54) is 0 Å². The van der Waals surface area contributed by atoms with Crippen LogP contribution in [0.1, 0.15) is 0 Å². The van der Waals surface area contributed by atoms with Crippen molar-refractivity contribution in [2.45, 2.75) is 0 Å². The summed E-state index contributed by atoms with van der Waals surface area (Å²) >= 11 is 6.12. The second-order valence-electron chi connectivity index (χ2n) is 4.18. The first-order valence-electron chi connectivity index (χ1n) is 5.77. The molecule has 1 heterocycles. The zero-order valence-corrected chi connectivity index (χ0v) is 11.0. The largest absolute Gasteiger partial charge is 0.496 e. The number of hydrogen-bond donors (Lipinski definition) is 2. The van der Waals surface area contributed by atoms with Crippen LogP contribution in [0, 0.1) is 0 Å². The van der Waals surface area contributed by atoms with Gasteiger partial charge in [-0.05, 0) is 24.3 Å². The fourth-order valence-corrected chi connectivity index (χ4v) is 2.24. The van der Waals surface area contributed by atoms with E-state index >= 15 is 0 Å². The van der Waals surface area contributed by atoms with Gasteiger partial charge in [-0.2, -0.15) is 0 Å². The Balaban J connectivity index is 2.22. The van der Waals surface area contributed by atoms with Gasteiger partial charge in [-0.3, -0.25) is 0 Å².